The maximum absolute atomic E-state index is 12.6. The predicted molar refractivity (Wildman–Crippen MR) is 44.6 cm³/mol. The predicted octanol–water partition coefficient (Wildman–Crippen LogP) is -0.347. The maximum atomic E-state index is 12.6. The van der Waals surface area contributed by atoms with Crippen LogP contribution in [0.3, 0.4) is 0 Å². The number of alkyl halides is 3. The molecule has 16 heavy (non-hydrogen) atoms. The van der Waals surface area contributed by atoms with Gasteiger partial charge in [-0.1, -0.05) is 7.90 Å². The van der Waals surface area contributed by atoms with Crippen LogP contribution in [0.2, 0.25) is 0 Å². The molecule has 0 aromatic carbocycles. The quantitative estimate of drug-likeness (QED) is 0.566. The van der Waals surface area contributed by atoms with E-state index in [1.165, 1.54) is 0 Å². The van der Waals surface area contributed by atoms with Crippen molar-refractivity contribution in [2.45, 2.75) is 5.51 Å². The van der Waals surface area contributed by atoms with Crippen LogP contribution >= 0.6 is 0 Å². The molecule has 1 unspecified atom stereocenters. The van der Waals surface area contributed by atoms with Crippen LogP contribution in [0.4, 0.5) is 17.1 Å². The van der Waals surface area contributed by atoms with E-state index in [0.717, 1.165) is 0 Å². The number of sulfonamides is 2. The van der Waals surface area contributed by atoms with E-state index in [-0.39, 0.29) is 10.4 Å². The van der Waals surface area contributed by atoms with Crippen molar-refractivity contribution in [2.75, 3.05) is 6.26 Å². The van der Waals surface area contributed by atoms with Crippen molar-refractivity contribution >= 4 is 30.3 Å². The zero-order valence-electron chi connectivity index (χ0n) is 7.23. The van der Waals surface area contributed by atoms with Gasteiger partial charge in [0.2, 0.25) is 0 Å². The van der Waals surface area contributed by atoms with Gasteiger partial charge < -0.3 is 0 Å². The second-order valence-corrected chi connectivity index (χ2v) is 7.41. The normalized spacial score (nSPS) is 17.8. The van der Waals surface area contributed by atoms with Gasteiger partial charge in [-0.3, -0.25) is 0 Å². The summed E-state index contributed by atoms with van der Waals surface area (Å²) in [4.78, 5) is 0. The fourth-order valence-electron chi connectivity index (χ4n) is 0.372. The average molecular weight is 308 g/mol. The summed E-state index contributed by atoms with van der Waals surface area (Å²) in [7, 11) is -16.7. The van der Waals surface area contributed by atoms with Gasteiger partial charge in [-0.25, -0.2) is 16.8 Å². The van der Waals surface area contributed by atoms with Crippen LogP contribution < -0.4 is 4.13 Å². The number of hydrogen-bond acceptors (Lipinski definition) is 5. The van der Waals surface area contributed by atoms with Gasteiger partial charge in [0.1, 0.15) is 0 Å². The lowest BCUT2D eigenvalue weighted by atomic mass is 11.6. The van der Waals surface area contributed by atoms with Crippen molar-refractivity contribution in [1.29, 1.82) is 0 Å². The summed E-state index contributed by atoms with van der Waals surface area (Å²) in [5, 5.41) is 0. The van der Waals surface area contributed by atoms with Gasteiger partial charge in [0.25, 0.3) is 20.3 Å². The highest BCUT2D eigenvalue weighted by Gasteiger charge is 2.48. The minimum absolute atomic E-state index is 0.00840. The van der Waals surface area contributed by atoms with E-state index in [2.05, 4.69) is 0 Å². The highest BCUT2D eigenvalue weighted by Crippen LogP contribution is 2.22. The number of halogens is 4. The van der Waals surface area contributed by atoms with Crippen molar-refractivity contribution in [3.05, 3.63) is 0 Å². The van der Waals surface area contributed by atoms with E-state index in [4.69, 9.17) is 0 Å². The molecular weight excluding hydrogens is 304 g/mol. The molecular formula is C2H4F4N2O5S3. The van der Waals surface area contributed by atoms with Gasteiger partial charge in [0.05, 0.1) is 6.26 Å². The van der Waals surface area contributed by atoms with Crippen molar-refractivity contribution in [1.82, 2.24) is 4.13 Å². The van der Waals surface area contributed by atoms with E-state index in [0.29, 0.717) is 0 Å². The van der Waals surface area contributed by atoms with Crippen molar-refractivity contribution in [2.24, 2.45) is 3.77 Å². The van der Waals surface area contributed by atoms with E-state index < -0.39 is 35.9 Å². The third kappa shape index (κ3) is 5.04. The highest BCUT2D eigenvalue weighted by atomic mass is 32.3. The highest BCUT2D eigenvalue weighted by molar-refractivity contribution is 8.07. The van der Waals surface area contributed by atoms with Crippen molar-refractivity contribution < 1.29 is 38.1 Å². The van der Waals surface area contributed by atoms with E-state index in [9.17, 15) is 38.1 Å². The monoisotopic (exact) mass is 308 g/mol. The average Bonchev–Trinajstić information content (AvgIpc) is 1.72. The molecule has 98 valence electrons. The molecule has 0 heterocycles. The molecule has 1 N–H and O–H groups in total. The topological polar surface area (TPSA) is 110 Å². The van der Waals surface area contributed by atoms with Crippen LogP contribution in [0.1, 0.15) is 0 Å². The van der Waals surface area contributed by atoms with Crippen LogP contribution in [-0.4, -0.2) is 32.8 Å². The fourth-order valence-corrected chi connectivity index (χ4v) is 3.62. The summed E-state index contributed by atoms with van der Waals surface area (Å²) in [6, 6.07) is 0. The molecule has 0 amide bonds. The Hall–Kier alpha value is -0.470. The molecule has 0 aliphatic rings. The van der Waals surface area contributed by atoms with Gasteiger partial charge in [0, 0.05) is 0 Å². The fraction of sp³-hybridized carbons (Fsp3) is 1.00. The van der Waals surface area contributed by atoms with Crippen LogP contribution in [-0.2, 0) is 30.3 Å². The Kier molecular flexibility index (Phi) is 3.96. The molecule has 0 radical (unpaired) electrons. The second-order valence-electron chi connectivity index (χ2n) is 2.30. The summed E-state index contributed by atoms with van der Waals surface area (Å²) in [6.07, 6.45) is 0.216. The molecule has 0 rings (SSSR count). The van der Waals surface area contributed by atoms with Crippen molar-refractivity contribution in [3.63, 3.8) is 0 Å². The summed E-state index contributed by atoms with van der Waals surface area (Å²) in [5.41, 5.74) is -5.94. The first-order valence-electron chi connectivity index (χ1n) is 2.94. The minimum atomic E-state index is -6.29. The SMILES string of the molecule is CS(=O)(=O)N=S(=O)(F)NS(=O)(=O)C(F)(F)F. The minimum Gasteiger partial charge on any atom is -0.204 e. The third-order valence-electron chi connectivity index (χ3n) is 0.748. The van der Waals surface area contributed by atoms with Gasteiger partial charge in [0.15, 0.2) is 0 Å². The second kappa shape index (κ2) is 4.08. The Morgan fingerprint density at radius 3 is 1.69 bits per heavy atom. The molecule has 0 aromatic rings. The first-order chi connectivity index (χ1) is 6.66. The summed E-state index contributed by atoms with van der Waals surface area (Å²) >= 11 is 0. The van der Waals surface area contributed by atoms with Gasteiger partial charge in [-0.15, -0.1) is 3.89 Å². The molecule has 0 aliphatic heterocycles. The first-order valence-corrected chi connectivity index (χ1v) is 7.69. The Morgan fingerprint density at radius 1 is 1.06 bits per heavy atom. The Morgan fingerprint density at radius 2 is 1.44 bits per heavy atom. The van der Waals surface area contributed by atoms with Crippen LogP contribution in [0.5, 0.6) is 0 Å². The molecule has 14 heteroatoms. The maximum Gasteiger partial charge on any atom is 0.512 e. The van der Waals surface area contributed by atoms with Crippen molar-refractivity contribution in [3.8, 4) is 0 Å². The lowest BCUT2D eigenvalue weighted by Gasteiger charge is -2.07. The molecule has 0 saturated carbocycles. The molecule has 0 saturated heterocycles. The van der Waals surface area contributed by atoms with E-state index >= 15 is 0 Å². The largest absolute Gasteiger partial charge is 0.512 e. The number of nitrogens with one attached hydrogen (secondary N) is 1. The van der Waals surface area contributed by atoms with Gasteiger partial charge in [-0.05, 0) is 0 Å². The molecule has 0 aromatic heterocycles. The number of rotatable bonds is 3. The molecule has 0 aliphatic carbocycles. The molecule has 0 fully saturated rings. The van der Waals surface area contributed by atoms with Crippen LogP contribution in [0, 0.1) is 0 Å². The Balaban J connectivity index is 5.51. The molecule has 0 bridgehead atoms. The number of hydrogen-bond donors (Lipinski definition) is 1. The molecule has 7 nitrogen and oxygen atoms in total. The zero-order chi connectivity index (χ0) is 13.4. The first kappa shape index (κ1) is 15.5. The lowest BCUT2D eigenvalue weighted by molar-refractivity contribution is -0.0441. The third-order valence-corrected chi connectivity index (χ3v) is 4.91. The smallest absolute Gasteiger partial charge is 0.204 e. The zero-order valence-corrected chi connectivity index (χ0v) is 9.67. The number of nitrogens with zero attached hydrogens (tertiary/aromatic N) is 1. The molecule has 0 spiro atoms. The standard InChI is InChI=1S/C2H4F4N2O5S3/c1-14(9,10)7-16(6,13)8-15(11,12)2(3,4)5/h1H3,(H,7,8,13). The summed E-state index contributed by atoms with van der Waals surface area (Å²) in [5.74, 6) is 0. The summed E-state index contributed by atoms with van der Waals surface area (Å²) in [6.45, 7) is 0. The van der Waals surface area contributed by atoms with E-state index in [1.807, 2.05) is 0 Å². The van der Waals surface area contributed by atoms with E-state index in [1.54, 1.807) is 3.77 Å². The summed E-state index contributed by atoms with van der Waals surface area (Å²) < 4.78 is 101. The van der Waals surface area contributed by atoms with Gasteiger partial charge in [-0.2, -0.15) is 17.4 Å². The Labute approximate surface area is 88.5 Å². The van der Waals surface area contributed by atoms with Gasteiger partial charge >= 0.3 is 15.5 Å². The van der Waals surface area contributed by atoms with Crippen LogP contribution in [0.15, 0.2) is 3.77 Å². The lowest BCUT2D eigenvalue weighted by Crippen LogP contribution is -2.38. The van der Waals surface area contributed by atoms with Crippen LogP contribution in [0.25, 0.3) is 0 Å². The Bertz CT molecular complexity index is 578. The molecule has 1 atom stereocenters.